The lowest BCUT2D eigenvalue weighted by Gasteiger charge is -2.18. The standard InChI is InChI=1S/C12H27N5O2/c13-6-2-1-4-10(17-11(18)5-8-15)12(19)16-9-3-7-14/h10H,1-9,13-15H2,(H,16,19)(H,17,18). The summed E-state index contributed by atoms with van der Waals surface area (Å²) >= 11 is 0. The summed E-state index contributed by atoms with van der Waals surface area (Å²) in [5.74, 6) is -0.370. The van der Waals surface area contributed by atoms with E-state index < -0.39 is 6.04 Å². The molecular formula is C12H27N5O2. The zero-order valence-corrected chi connectivity index (χ0v) is 11.5. The summed E-state index contributed by atoms with van der Waals surface area (Å²) in [4.78, 5) is 23.4. The van der Waals surface area contributed by atoms with Gasteiger partial charge in [-0.15, -0.1) is 0 Å². The largest absolute Gasteiger partial charge is 0.354 e. The van der Waals surface area contributed by atoms with Crippen molar-refractivity contribution in [2.45, 2.75) is 38.1 Å². The quantitative estimate of drug-likeness (QED) is 0.289. The molecule has 7 nitrogen and oxygen atoms in total. The molecule has 8 N–H and O–H groups in total. The Morgan fingerprint density at radius 3 is 2.21 bits per heavy atom. The Hall–Kier alpha value is -1.18. The summed E-state index contributed by atoms with van der Waals surface area (Å²) < 4.78 is 0. The highest BCUT2D eigenvalue weighted by atomic mass is 16.2. The van der Waals surface area contributed by atoms with E-state index in [1.165, 1.54) is 0 Å². The van der Waals surface area contributed by atoms with Gasteiger partial charge in [0.2, 0.25) is 11.8 Å². The highest BCUT2D eigenvalue weighted by Crippen LogP contribution is 2.01. The van der Waals surface area contributed by atoms with E-state index >= 15 is 0 Å². The zero-order chi connectivity index (χ0) is 14.5. The molecule has 19 heavy (non-hydrogen) atoms. The molecule has 1 unspecified atom stereocenters. The van der Waals surface area contributed by atoms with Crippen LogP contribution in [0.2, 0.25) is 0 Å². The van der Waals surface area contributed by atoms with E-state index in [4.69, 9.17) is 17.2 Å². The van der Waals surface area contributed by atoms with Gasteiger partial charge in [-0.05, 0) is 38.8 Å². The fourth-order valence-electron chi connectivity index (χ4n) is 1.60. The van der Waals surface area contributed by atoms with E-state index in [0.29, 0.717) is 26.1 Å². The topological polar surface area (TPSA) is 136 Å². The second kappa shape index (κ2) is 11.9. The Balaban J connectivity index is 4.21. The lowest BCUT2D eigenvalue weighted by atomic mass is 10.1. The molecule has 0 aliphatic rings. The molecule has 0 aliphatic carbocycles. The van der Waals surface area contributed by atoms with Gasteiger partial charge >= 0.3 is 0 Å². The van der Waals surface area contributed by atoms with Gasteiger partial charge < -0.3 is 27.8 Å². The van der Waals surface area contributed by atoms with Gasteiger partial charge in [0.1, 0.15) is 6.04 Å². The second-order valence-corrected chi connectivity index (χ2v) is 4.38. The molecule has 0 spiro atoms. The summed E-state index contributed by atoms with van der Waals surface area (Å²) in [5, 5.41) is 5.46. The van der Waals surface area contributed by atoms with Gasteiger partial charge in [0.15, 0.2) is 0 Å². The highest BCUT2D eigenvalue weighted by Gasteiger charge is 2.19. The minimum absolute atomic E-state index is 0.171. The normalized spacial score (nSPS) is 11.9. The molecule has 0 aromatic heterocycles. The van der Waals surface area contributed by atoms with Crippen molar-refractivity contribution < 1.29 is 9.59 Å². The Morgan fingerprint density at radius 1 is 0.947 bits per heavy atom. The average molecular weight is 273 g/mol. The van der Waals surface area contributed by atoms with Crippen LogP contribution in [-0.4, -0.2) is 44.0 Å². The number of nitrogens with two attached hydrogens (primary N) is 3. The third-order valence-corrected chi connectivity index (χ3v) is 2.65. The molecule has 1 atom stereocenters. The minimum atomic E-state index is -0.511. The minimum Gasteiger partial charge on any atom is -0.354 e. The monoisotopic (exact) mass is 273 g/mol. The number of unbranched alkanes of at least 4 members (excludes halogenated alkanes) is 1. The van der Waals surface area contributed by atoms with Crippen molar-refractivity contribution in [3.05, 3.63) is 0 Å². The van der Waals surface area contributed by atoms with Crippen LogP contribution >= 0.6 is 0 Å². The van der Waals surface area contributed by atoms with Crippen LogP contribution in [0.15, 0.2) is 0 Å². The van der Waals surface area contributed by atoms with Crippen molar-refractivity contribution in [1.29, 1.82) is 0 Å². The summed E-state index contributed by atoms with van der Waals surface area (Å²) in [6.45, 7) is 1.90. The fourth-order valence-corrected chi connectivity index (χ4v) is 1.60. The van der Waals surface area contributed by atoms with Crippen LogP contribution in [0.4, 0.5) is 0 Å². The van der Waals surface area contributed by atoms with Crippen molar-refractivity contribution in [3.63, 3.8) is 0 Å². The van der Waals surface area contributed by atoms with Crippen molar-refractivity contribution in [1.82, 2.24) is 10.6 Å². The van der Waals surface area contributed by atoms with Crippen molar-refractivity contribution in [3.8, 4) is 0 Å². The van der Waals surface area contributed by atoms with Gasteiger partial charge in [0, 0.05) is 19.5 Å². The van der Waals surface area contributed by atoms with Gasteiger partial charge in [-0.25, -0.2) is 0 Å². The van der Waals surface area contributed by atoms with Crippen LogP contribution in [0.25, 0.3) is 0 Å². The number of hydrogen-bond acceptors (Lipinski definition) is 5. The molecule has 0 fully saturated rings. The van der Waals surface area contributed by atoms with Crippen LogP contribution in [-0.2, 0) is 9.59 Å². The molecule has 0 saturated carbocycles. The first-order valence-corrected chi connectivity index (χ1v) is 6.83. The first kappa shape index (κ1) is 17.8. The number of nitrogens with one attached hydrogen (secondary N) is 2. The maximum atomic E-state index is 11.9. The first-order valence-electron chi connectivity index (χ1n) is 6.83. The Kier molecular flexibility index (Phi) is 11.1. The second-order valence-electron chi connectivity index (χ2n) is 4.38. The number of carbonyl (C=O) groups excluding carboxylic acids is 2. The molecule has 0 bridgehead atoms. The number of hydrogen-bond donors (Lipinski definition) is 5. The first-order chi connectivity index (χ1) is 9.15. The molecule has 112 valence electrons. The molecule has 0 radical (unpaired) electrons. The summed E-state index contributed by atoms with van der Waals surface area (Å²) in [6.07, 6.45) is 3.16. The van der Waals surface area contributed by atoms with Crippen molar-refractivity contribution in [2.75, 3.05) is 26.2 Å². The smallest absolute Gasteiger partial charge is 0.242 e. The van der Waals surface area contributed by atoms with Crippen LogP contribution in [0.5, 0.6) is 0 Å². The number of carbonyl (C=O) groups is 2. The Labute approximate surface area is 114 Å². The predicted octanol–water partition coefficient (Wildman–Crippen LogP) is -1.59. The highest BCUT2D eigenvalue weighted by molar-refractivity contribution is 5.87. The SMILES string of the molecule is NCCCCC(NC(=O)CCN)C(=O)NCCCN. The molecule has 0 aromatic carbocycles. The average Bonchev–Trinajstić information content (AvgIpc) is 2.38. The predicted molar refractivity (Wildman–Crippen MR) is 75.2 cm³/mol. The van der Waals surface area contributed by atoms with Gasteiger partial charge in [-0.2, -0.15) is 0 Å². The molecule has 0 aromatic rings. The van der Waals surface area contributed by atoms with E-state index in [2.05, 4.69) is 10.6 Å². The van der Waals surface area contributed by atoms with Crippen LogP contribution in [0.1, 0.15) is 32.1 Å². The van der Waals surface area contributed by atoms with E-state index in [9.17, 15) is 9.59 Å². The van der Waals surface area contributed by atoms with Crippen LogP contribution < -0.4 is 27.8 Å². The maximum absolute atomic E-state index is 11.9. The molecule has 7 heteroatoms. The molecule has 2 amide bonds. The third kappa shape index (κ3) is 9.40. The maximum Gasteiger partial charge on any atom is 0.242 e. The Morgan fingerprint density at radius 2 is 1.63 bits per heavy atom. The van der Waals surface area contributed by atoms with Gasteiger partial charge in [-0.1, -0.05) is 0 Å². The molecule has 0 rings (SSSR count). The van der Waals surface area contributed by atoms with Crippen LogP contribution in [0.3, 0.4) is 0 Å². The van der Waals surface area contributed by atoms with Crippen molar-refractivity contribution >= 4 is 11.8 Å². The summed E-state index contributed by atoms with van der Waals surface area (Å²) in [7, 11) is 0. The molecule has 0 heterocycles. The van der Waals surface area contributed by atoms with E-state index in [0.717, 1.165) is 19.3 Å². The van der Waals surface area contributed by atoms with Gasteiger partial charge in [0.05, 0.1) is 0 Å². The van der Waals surface area contributed by atoms with Crippen molar-refractivity contribution in [2.24, 2.45) is 17.2 Å². The number of rotatable bonds is 11. The molecule has 0 saturated heterocycles. The molecular weight excluding hydrogens is 246 g/mol. The lowest BCUT2D eigenvalue weighted by Crippen LogP contribution is -2.47. The Bertz CT molecular complexity index is 261. The third-order valence-electron chi connectivity index (χ3n) is 2.65. The lowest BCUT2D eigenvalue weighted by molar-refractivity contribution is -0.129. The van der Waals surface area contributed by atoms with E-state index in [-0.39, 0.29) is 24.8 Å². The zero-order valence-electron chi connectivity index (χ0n) is 11.5. The summed E-state index contributed by atoms with van der Waals surface area (Å²) in [6, 6.07) is -0.511. The van der Waals surface area contributed by atoms with E-state index in [1.54, 1.807) is 0 Å². The van der Waals surface area contributed by atoms with Gasteiger partial charge in [0.25, 0.3) is 0 Å². The summed E-state index contributed by atoms with van der Waals surface area (Å²) in [5.41, 5.74) is 16.1. The fraction of sp³-hybridized carbons (Fsp3) is 0.833. The van der Waals surface area contributed by atoms with Gasteiger partial charge in [-0.3, -0.25) is 9.59 Å². The number of amides is 2. The molecule has 0 aliphatic heterocycles. The van der Waals surface area contributed by atoms with E-state index in [1.807, 2.05) is 0 Å². The van der Waals surface area contributed by atoms with Crippen LogP contribution in [0, 0.1) is 0 Å².